The van der Waals surface area contributed by atoms with Crippen LogP contribution in [0, 0.1) is 0 Å². The van der Waals surface area contributed by atoms with Crippen LogP contribution in [0.5, 0.6) is 5.75 Å². The first-order valence-electron chi connectivity index (χ1n) is 8.40. The maximum atomic E-state index is 12.0. The Morgan fingerprint density at radius 1 is 1.11 bits per heavy atom. The molecule has 0 saturated heterocycles. The van der Waals surface area contributed by atoms with Gasteiger partial charge in [-0.15, -0.1) is 11.8 Å². The summed E-state index contributed by atoms with van der Waals surface area (Å²) in [6, 6.07) is 15.1. The molecule has 2 rings (SSSR count). The summed E-state index contributed by atoms with van der Waals surface area (Å²) in [4.78, 5) is 23.1. The van der Waals surface area contributed by atoms with Gasteiger partial charge in [0.05, 0.1) is 18.6 Å². The summed E-state index contributed by atoms with van der Waals surface area (Å²) in [5.74, 6) is 1.57. The Labute approximate surface area is 163 Å². The van der Waals surface area contributed by atoms with E-state index in [1.165, 1.54) is 18.7 Å². The van der Waals surface area contributed by atoms with Crippen LogP contribution in [0.4, 0.5) is 5.69 Å². The van der Waals surface area contributed by atoms with Gasteiger partial charge in [-0.05, 0) is 42.3 Å². The smallest absolute Gasteiger partial charge is 0.250 e. The van der Waals surface area contributed by atoms with Crippen molar-refractivity contribution in [1.29, 1.82) is 0 Å². The van der Waals surface area contributed by atoms with Gasteiger partial charge in [-0.1, -0.05) is 24.3 Å². The number of nitrogens with zero attached hydrogens (tertiary/aromatic N) is 1. The maximum Gasteiger partial charge on any atom is 0.250 e. The van der Waals surface area contributed by atoms with E-state index in [-0.39, 0.29) is 11.8 Å². The number of carbonyl (C=O) groups is 2. The molecule has 0 radical (unpaired) electrons. The fraction of sp³-hybridized carbons (Fsp3) is 0.250. The lowest BCUT2D eigenvalue weighted by Gasteiger charge is -2.06. The molecule has 7 heteroatoms. The SMILES string of the molecule is COc1ccc(CSCC(=O)N/N=C(\C)c2cccc(NC(C)=O)c2)cc1. The lowest BCUT2D eigenvalue weighted by atomic mass is 10.1. The third kappa shape index (κ3) is 7.15. The van der Waals surface area contributed by atoms with E-state index in [4.69, 9.17) is 4.74 Å². The molecule has 0 saturated carbocycles. The summed E-state index contributed by atoms with van der Waals surface area (Å²) in [5.41, 5.74) is 5.87. The number of methoxy groups -OCH3 is 1. The van der Waals surface area contributed by atoms with Gasteiger partial charge in [0.2, 0.25) is 11.8 Å². The van der Waals surface area contributed by atoms with Gasteiger partial charge in [0.1, 0.15) is 5.75 Å². The predicted molar refractivity (Wildman–Crippen MR) is 110 cm³/mol. The number of ether oxygens (including phenoxy) is 1. The minimum Gasteiger partial charge on any atom is -0.497 e. The van der Waals surface area contributed by atoms with E-state index in [2.05, 4.69) is 15.8 Å². The Bertz CT molecular complexity index is 819. The van der Waals surface area contributed by atoms with Crippen molar-refractivity contribution in [2.45, 2.75) is 19.6 Å². The second-order valence-corrected chi connectivity index (χ2v) is 6.82. The van der Waals surface area contributed by atoms with E-state index >= 15 is 0 Å². The molecule has 27 heavy (non-hydrogen) atoms. The highest BCUT2D eigenvalue weighted by Gasteiger charge is 2.04. The second-order valence-electron chi connectivity index (χ2n) is 5.84. The van der Waals surface area contributed by atoms with Crippen molar-refractivity contribution in [3.05, 3.63) is 59.7 Å². The fourth-order valence-electron chi connectivity index (χ4n) is 2.25. The number of benzene rings is 2. The van der Waals surface area contributed by atoms with Crippen LogP contribution < -0.4 is 15.5 Å². The van der Waals surface area contributed by atoms with Crippen LogP contribution >= 0.6 is 11.8 Å². The van der Waals surface area contributed by atoms with E-state index in [0.717, 1.165) is 22.6 Å². The van der Waals surface area contributed by atoms with Crippen LogP contribution in [0.1, 0.15) is 25.0 Å². The average molecular weight is 385 g/mol. The first-order chi connectivity index (χ1) is 13.0. The number of hydrogen-bond donors (Lipinski definition) is 2. The van der Waals surface area contributed by atoms with Crippen molar-refractivity contribution in [3.63, 3.8) is 0 Å². The van der Waals surface area contributed by atoms with Crippen molar-refractivity contribution in [2.24, 2.45) is 5.10 Å². The summed E-state index contributed by atoms with van der Waals surface area (Å²) in [7, 11) is 1.63. The third-order valence-corrected chi connectivity index (χ3v) is 4.61. The number of anilines is 1. The van der Waals surface area contributed by atoms with Gasteiger partial charge in [-0.3, -0.25) is 9.59 Å². The van der Waals surface area contributed by atoms with Crippen molar-refractivity contribution >= 4 is 35.0 Å². The fourth-order valence-corrected chi connectivity index (χ4v) is 3.03. The molecular weight excluding hydrogens is 362 g/mol. The number of thioether (sulfide) groups is 1. The molecule has 0 spiro atoms. The van der Waals surface area contributed by atoms with E-state index in [1.54, 1.807) is 20.1 Å². The summed E-state index contributed by atoms with van der Waals surface area (Å²) >= 11 is 1.52. The molecule has 0 atom stereocenters. The Balaban J connectivity index is 1.81. The second kappa shape index (κ2) is 10.4. The van der Waals surface area contributed by atoms with Crippen LogP contribution in [0.2, 0.25) is 0 Å². The number of carbonyl (C=O) groups excluding carboxylic acids is 2. The zero-order chi connectivity index (χ0) is 19.6. The van der Waals surface area contributed by atoms with Gasteiger partial charge in [0, 0.05) is 18.4 Å². The standard InChI is InChI=1S/C20H23N3O3S/c1-14(17-5-4-6-18(11-17)21-15(2)24)22-23-20(25)13-27-12-16-7-9-19(26-3)10-8-16/h4-11H,12-13H2,1-3H3,(H,21,24)(H,23,25)/b22-14+. The minimum atomic E-state index is -0.161. The molecule has 0 aliphatic heterocycles. The highest BCUT2D eigenvalue weighted by molar-refractivity contribution is 7.99. The van der Waals surface area contributed by atoms with Gasteiger partial charge < -0.3 is 10.1 Å². The lowest BCUT2D eigenvalue weighted by Crippen LogP contribution is -2.21. The molecular formula is C20H23N3O3S. The quantitative estimate of drug-likeness (QED) is 0.539. The zero-order valence-corrected chi connectivity index (χ0v) is 16.4. The van der Waals surface area contributed by atoms with E-state index in [1.807, 2.05) is 42.5 Å². The molecule has 0 unspecified atom stereocenters. The van der Waals surface area contributed by atoms with Crippen LogP contribution in [0.3, 0.4) is 0 Å². The first kappa shape index (κ1) is 20.5. The van der Waals surface area contributed by atoms with Crippen molar-refractivity contribution in [3.8, 4) is 5.75 Å². The van der Waals surface area contributed by atoms with Crippen LogP contribution in [-0.4, -0.2) is 30.4 Å². The summed E-state index contributed by atoms with van der Waals surface area (Å²) < 4.78 is 5.12. The Kier molecular flexibility index (Phi) is 7.88. The van der Waals surface area contributed by atoms with Crippen LogP contribution in [0.25, 0.3) is 0 Å². The number of hydrazone groups is 1. The van der Waals surface area contributed by atoms with E-state index < -0.39 is 0 Å². The van der Waals surface area contributed by atoms with Gasteiger partial charge in [-0.25, -0.2) is 5.43 Å². The minimum absolute atomic E-state index is 0.135. The predicted octanol–water partition coefficient (Wildman–Crippen LogP) is 3.43. The topological polar surface area (TPSA) is 79.8 Å². The first-order valence-corrected chi connectivity index (χ1v) is 9.55. The molecule has 0 aliphatic rings. The van der Waals surface area contributed by atoms with E-state index in [9.17, 15) is 9.59 Å². The largest absolute Gasteiger partial charge is 0.497 e. The molecule has 0 fully saturated rings. The van der Waals surface area contributed by atoms with Gasteiger partial charge in [0.25, 0.3) is 0 Å². The van der Waals surface area contributed by atoms with E-state index in [0.29, 0.717) is 17.2 Å². The van der Waals surface area contributed by atoms with Crippen molar-refractivity contribution in [2.75, 3.05) is 18.2 Å². The van der Waals surface area contributed by atoms with Crippen LogP contribution in [-0.2, 0) is 15.3 Å². The number of nitrogens with one attached hydrogen (secondary N) is 2. The molecule has 0 aromatic heterocycles. The summed E-state index contributed by atoms with van der Waals surface area (Å²) in [5, 5.41) is 6.86. The summed E-state index contributed by atoms with van der Waals surface area (Å²) in [6.07, 6.45) is 0. The number of hydrogen-bond acceptors (Lipinski definition) is 5. The average Bonchev–Trinajstić information content (AvgIpc) is 2.66. The third-order valence-electron chi connectivity index (χ3n) is 3.61. The molecule has 2 amide bonds. The van der Waals surface area contributed by atoms with Gasteiger partial charge in [0.15, 0.2) is 0 Å². The number of rotatable bonds is 8. The van der Waals surface area contributed by atoms with Gasteiger partial charge in [-0.2, -0.15) is 5.10 Å². The molecule has 2 N–H and O–H groups in total. The molecule has 0 bridgehead atoms. The molecule has 0 heterocycles. The van der Waals surface area contributed by atoms with Crippen molar-refractivity contribution < 1.29 is 14.3 Å². The highest BCUT2D eigenvalue weighted by atomic mass is 32.2. The Hall–Kier alpha value is -2.80. The molecule has 142 valence electrons. The lowest BCUT2D eigenvalue weighted by molar-refractivity contribution is -0.118. The Morgan fingerprint density at radius 3 is 2.52 bits per heavy atom. The molecule has 0 aliphatic carbocycles. The normalized spacial score (nSPS) is 11.0. The zero-order valence-electron chi connectivity index (χ0n) is 15.6. The number of amides is 2. The molecule has 6 nitrogen and oxygen atoms in total. The molecule has 2 aromatic carbocycles. The van der Waals surface area contributed by atoms with Gasteiger partial charge >= 0.3 is 0 Å². The van der Waals surface area contributed by atoms with Crippen molar-refractivity contribution in [1.82, 2.24) is 5.43 Å². The monoisotopic (exact) mass is 385 g/mol. The van der Waals surface area contributed by atoms with Crippen LogP contribution in [0.15, 0.2) is 53.6 Å². The summed E-state index contributed by atoms with van der Waals surface area (Å²) in [6.45, 7) is 3.26. The Morgan fingerprint density at radius 2 is 1.85 bits per heavy atom. The highest BCUT2D eigenvalue weighted by Crippen LogP contribution is 2.16. The molecule has 2 aromatic rings. The maximum absolute atomic E-state index is 12.0.